The number of thioether (sulfide) groups is 1. The molecule has 0 spiro atoms. The molecule has 0 aliphatic heterocycles. The first-order valence-electron chi connectivity index (χ1n) is 6.22. The predicted octanol–water partition coefficient (Wildman–Crippen LogP) is 2.98. The Labute approximate surface area is 125 Å². The Morgan fingerprint density at radius 2 is 2.11 bits per heavy atom. The van der Waals surface area contributed by atoms with E-state index in [-0.39, 0.29) is 5.75 Å². The monoisotopic (exact) mass is 321 g/mol. The SMILES string of the molecule is CCCNCc1ccc(SCCS(C)(=O)=O)c(Cl)c1. The number of hydrogen-bond acceptors (Lipinski definition) is 4. The summed E-state index contributed by atoms with van der Waals surface area (Å²) in [5.74, 6) is 0.708. The van der Waals surface area contributed by atoms with Crippen molar-refractivity contribution in [3.8, 4) is 0 Å². The van der Waals surface area contributed by atoms with E-state index in [0.717, 1.165) is 30.0 Å². The lowest BCUT2D eigenvalue weighted by Gasteiger charge is -2.07. The average molecular weight is 322 g/mol. The Hall–Kier alpha value is -0.230. The lowest BCUT2D eigenvalue weighted by atomic mass is 10.2. The maximum Gasteiger partial charge on any atom is 0.148 e. The summed E-state index contributed by atoms with van der Waals surface area (Å²) in [5, 5.41) is 4.01. The van der Waals surface area contributed by atoms with Gasteiger partial charge in [0.2, 0.25) is 0 Å². The summed E-state index contributed by atoms with van der Waals surface area (Å²) in [6.07, 6.45) is 2.35. The lowest BCUT2D eigenvalue weighted by molar-refractivity contribution is 0.603. The summed E-state index contributed by atoms with van der Waals surface area (Å²) in [5.41, 5.74) is 1.14. The van der Waals surface area contributed by atoms with Crippen molar-refractivity contribution >= 4 is 33.2 Å². The number of hydrogen-bond donors (Lipinski definition) is 1. The first-order chi connectivity index (χ1) is 8.92. The molecule has 0 bridgehead atoms. The second-order valence-corrected chi connectivity index (χ2v) is 8.22. The third-order valence-corrected chi connectivity index (χ3v) is 5.17. The third kappa shape index (κ3) is 7.20. The van der Waals surface area contributed by atoms with Gasteiger partial charge in [0.25, 0.3) is 0 Å². The molecule has 19 heavy (non-hydrogen) atoms. The van der Waals surface area contributed by atoms with Crippen LogP contribution < -0.4 is 5.32 Å². The van der Waals surface area contributed by atoms with Gasteiger partial charge in [0.15, 0.2) is 0 Å². The van der Waals surface area contributed by atoms with E-state index in [2.05, 4.69) is 12.2 Å². The Morgan fingerprint density at radius 1 is 1.37 bits per heavy atom. The number of halogens is 1. The predicted molar refractivity (Wildman–Crippen MR) is 83.9 cm³/mol. The summed E-state index contributed by atoms with van der Waals surface area (Å²) in [4.78, 5) is 0.935. The van der Waals surface area contributed by atoms with Crippen LogP contribution in [0.4, 0.5) is 0 Å². The van der Waals surface area contributed by atoms with E-state index in [4.69, 9.17) is 11.6 Å². The van der Waals surface area contributed by atoms with Crippen molar-refractivity contribution in [3.63, 3.8) is 0 Å². The summed E-state index contributed by atoms with van der Waals surface area (Å²) in [7, 11) is -2.90. The molecular formula is C13H20ClNO2S2. The molecule has 0 unspecified atom stereocenters. The van der Waals surface area contributed by atoms with Crippen LogP contribution in [-0.2, 0) is 16.4 Å². The molecule has 0 saturated heterocycles. The molecule has 1 N–H and O–H groups in total. The van der Waals surface area contributed by atoms with Gasteiger partial charge in [-0.3, -0.25) is 0 Å². The van der Waals surface area contributed by atoms with Crippen LogP contribution in [0.3, 0.4) is 0 Å². The zero-order chi connectivity index (χ0) is 14.3. The van der Waals surface area contributed by atoms with Gasteiger partial charge >= 0.3 is 0 Å². The molecule has 108 valence electrons. The Morgan fingerprint density at radius 3 is 2.68 bits per heavy atom. The molecule has 0 fully saturated rings. The van der Waals surface area contributed by atoms with Crippen molar-refractivity contribution in [3.05, 3.63) is 28.8 Å². The summed E-state index contributed by atoms with van der Waals surface area (Å²) in [6, 6.07) is 5.92. The van der Waals surface area contributed by atoms with Crippen LogP contribution >= 0.6 is 23.4 Å². The van der Waals surface area contributed by atoms with Crippen molar-refractivity contribution < 1.29 is 8.42 Å². The normalized spacial score (nSPS) is 11.7. The minimum Gasteiger partial charge on any atom is -0.313 e. The van der Waals surface area contributed by atoms with Gasteiger partial charge in [0, 0.05) is 23.4 Å². The molecule has 0 aromatic heterocycles. The average Bonchev–Trinajstić information content (AvgIpc) is 2.31. The largest absolute Gasteiger partial charge is 0.313 e. The van der Waals surface area contributed by atoms with Crippen LogP contribution in [0.1, 0.15) is 18.9 Å². The molecule has 3 nitrogen and oxygen atoms in total. The minimum atomic E-state index is -2.90. The van der Waals surface area contributed by atoms with Gasteiger partial charge in [-0.15, -0.1) is 11.8 Å². The Balaban J connectivity index is 2.52. The van der Waals surface area contributed by atoms with Crippen molar-refractivity contribution in [1.82, 2.24) is 5.32 Å². The number of sulfone groups is 1. The first kappa shape index (κ1) is 16.8. The van der Waals surface area contributed by atoms with Crippen LogP contribution in [0.15, 0.2) is 23.1 Å². The highest BCUT2D eigenvalue weighted by Crippen LogP contribution is 2.28. The van der Waals surface area contributed by atoms with Crippen molar-refractivity contribution in [2.75, 3.05) is 24.3 Å². The summed E-state index contributed by atoms with van der Waals surface area (Å²) < 4.78 is 22.1. The van der Waals surface area contributed by atoms with E-state index in [1.54, 1.807) is 0 Å². The van der Waals surface area contributed by atoms with Crippen molar-refractivity contribution in [2.24, 2.45) is 0 Å². The molecular weight excluding hydrogens is 302 g/mol. The highest BCUT2D eigenvalue weighted by atomic mass is 35.5. The lowest BCUT2D eigenvalue weighted by Crippen LogP contribution is -2.13. The number of benzene rings is 1. The second kappa shape index (κ2) is 8.15. The number of nitrogens with one attached hydrogen (secondary N) is 1. The smallest absolute Gasteiger partial charge is 0.148 e. The van der Waals surface area contributed by atoms with Crippen LogP contribution in [0.2, 0.25) is 5.02 Å². The maximum absolute atomic E-state index is 11.1. The minimum absolute atomic E-state index is 0.174. The Bertz CT molecular complexity index is 503. The molecule has 0 aliphatic rings. The molecule has 1 aromatic carbocycles. The molecule has 0 saturated carbocycles. The fourth-order valence-corrected chi connectivity index (χ4v) is 3.98. The quantitative estimate of drug-likeness (QED) is 0.590. The van der Waals surface area contributed by atoms with Crippen LogP contribution in [0.5, 0.6) is 0 Å². The van der Waals surface area contributed by atoms with E-state index >= 15 is 0 Å². The summed E-state index contributed by atoms with van der Waals surface area (Å²) in [6.45, 7) is 3.92. The molecule has 0 amide bonds. The molecule has 1 aromatic rings. The van der Waals surface area contributed by atoms with Crippen LogP contribution in [0.25, 0.3) is 0 Å². The molecule has 0 atom stereocenters. The van der Waals surface area contributed by atoms with Gasteiger partial charge < -0.3 is 5.32 Å². The fraction of sp³-hybridized carbons (Fsp3) is 0.538. The van der Waals surface area contributed by atoms with Crippen molar-refractivity contribution in [2.45, 2.75) is 24.8 Å². The van der Waals surface area contributed by atoms with Gasteiger partial charge in [-0.1, -0.05) is 24.6 Å². The van der Waals surface area contributed by atoms with Gasteiger partial charge in [-0.25, -0.2) is 8.42 Å². The van der Waals surface area contributed by atoms with E-state index in [1.165, 1.54) is 18.0 Å². The second-order valence-electron chi connectivity index (χ2n) is 4.42. The highest BCUT2D eigenvalue weighted by Gasteiger charge is 2.06. The number of rotatable bonds is 8. The van der Waals surface area contributed by atoms with E-state index in [0.29, 0.717) is 10.8 Å². The molecule has 0 heterocycles. The van der Waals surface area contributed by atoms with E-state index in [1.807, 2.05) is 18.2 Å². The standard InChI is InChI=1S/C13H20ClNO2S2/c1-3-6-15-10-11-4-5-13(12(14)9-11)18-7-8-19(2,16)17/h4-5,9,15H,3,6-8,10H2,1-2H3. The molecule has 0 aliphatic carbocycles. The van der Waals surface area contributed by atoms with Gasteiger partial charge in [-0.2, -0.15) is 0 Å². The van der Waals surface area contributed by atoms with Crippen LogP contribution in [0, 0.1) is 0 Å². The van der Waals surface area contributed by atoms with E-state index < -0.39 is 9.84 Å². The fourth-order valence-electron chi connectivity index (χ4n) is 1.48. The Kier molecular flexibility index (Phi) is 7.21. The van der Waals surface area contributed by atoms with Gasteiger partial charge in [-0.05, 0) is 30.7 Å². The molecule has 0 radical (unpaired) electrons. The van der Waals surface area contributed by atoms with Gasteiger partial charge in [0.1, 0.15) is 9.84 Å². The van der Waals surface area contributed by atoms with E-state index in [9.17, 15) is 8.42 Å². The van der Waals surface area contributed by atoms with Crippen LogP contribution in [-0.4, -0.2) is 32.7 Å². The first-order valence-corrected chi connectivity index (χ1v) is 9.64. The maximum atomic E-state index is 11.1. The zero-order valence-electron chi connectivity index (χ0n) is 11.3. The third-order valence-electron chi connectivity index (χ3n) is 2.46. The highest BCUT2D eigenvalue weighted by molar-refractivity contribution is 8.00. The zero-order valence-corrected chi connectivity index (χ0v) is 13.7. The molecule has 6 heteroatoms. The van der Waals surface area contributed by atoms with Gasteiger partial charge in [0.05, 0.1) is 10.8 Å². The van der Waals surface area contributed by atoms with Crippen molar-refractivity contribution in [1.29, 1.82) is 0 Å². The topological polar surface area (TPSA) is 46.2 Å². The molecule has 1 rings (SSSR count). The summed E-state index contributed by atoms with van der Waals surface area (Å²) >= 11 is 7.67.